The fourth-order valence-electron chi connectivity index (χ4n) is 3.07. The van der Waals surface area contributed by atoms with Crippen LogP contribution in [-0.2, 0) is 30.5 Å². The Balaban J connectivity index is 1.94. The summed E-state index contributed by atoms with van der Waals surface area (Å²) in [6.45, 7) is 1.52. The molecule has 3 amide bonds. The van der Waals surface area contributed by atoms with Crippen molar-refractivity contribution in [3.05, 3.63) is 48.0 Å². The zero-order valence-corrected chi connectivity index (χ0v) is 18.6. The van der Waals surface area contributed by atoms with E-state index >= 15 is 0 Å². The number of hydrogen-bond donors (Lipinski definition) is 4. The Labute approximate surface area is 192 Å². The maximum Gasteiger partial charge on any atom is 0.408 e. The molecule has 1 aromatic rings. The first kappa shape index (κ1) is 25.9. The molecule has 1 aromatic carbocycles. The van der Waals surface area contributed by atoms with E-state index in [0.717, 1.165) is 5.56 Å². The number of alkyl carbamates (subject to hydrolysis) is 1. The Morgan fingerprint density at radius 1 is 1.21 bits per heavy atom. The highest BCUT2D eigenvalue weighted by Crippen LogP contribution is 2.12. The molecule has 180 valence electrons. The zero-order chi connectivity index (χ0) is 24.1. The number of esters is 1. The zero-order valence-electron chi connectivity index (χ0n) is 18.6. The van der Waals surface area contributed by atoms with E-state index in [-0.39, 0.29) is 57.4 Å². The van der Waals surface area contributed by atoms with Crippen molar-refractivity contribution in [3.8, 4) is 0 Å². The highest BCUT2D eigenvalue weighted by Gasteiger charge is 2.25. The maximum atomic E-state index is 12.4. The Morgan fingerprint density at radius 3 is 2.67 bits per heavy atom. The number of carbonyl (C=O) groups excluding carboxylic acids is 4. The second-order valence-electron chi connectivity index (χ2n) is 7.71. The summed E-state index contributed by atoms with van der Waals surface area (Å²) in [5, 5.41) is 16.8. The van der Waals surface area contributed by atoms with E-state index in [1.807, 2.05) is 30.3 Å². The van der Waals surface area contributed by atoms with Crippen molar-refractivity contribution in [2.45, 2.75) is 44.9 Å². The maximum absolute atomic E-state index is 12.4. The van der Waals surface area contributed by atoms with Gasteiger partial charge in [-0.15, -0.1) is 0 Å². The minimum Gasteiger partial charge on any atom is -0.462 e. The van der Waals surface area contributed by atoms with Crippen molar-refractivity contribution in [3.63, 3.8) is 0 Å². The van der Waals surface area contributed by atoms with Gasteiger partial charge in [-0.2, -0.15) is 0 Å². The van der Waals surface area contributed by atoms with Crippen LogP contribution < -0.4 is 16.0 Å². The number of amides is 3. The number of hydrogen-bond acceptors (Lipinski definition) is 7. The molecule has 10 nitrogen and oxygen atoms in total. The molecule has 0 saturated heterocycles. The molecular formula is C23H31N3O7. The topological polar surface area (TPSA) is 143 Å². The summed E-state index contributed by atoms with van der Waals surface area (Å²) < 4.78 is 10.3. The molecule has 0 aromatic heterocycles. The van der Waals surface area contributed by atoms with Crippen LogP contribution in [0.4, 0.5) is 4.79 Å². The van der Waals surface area contributed by atoms with E-state index in [2.05, 4.69) is 16.0 Å². The van der Waals surface area contributed by atoms with Crippen molar-refractivity contribution >= 4 is 23.9 Å². The molecule has 3 atom stereocenters. The molecule has 1 heterocycles. The van der Waals surface area contributed by atoms with E-state index in [1.54, 1.807) is 19.1 Å². The summed E-state index contributed by atoms with van der Waals surface area (Å²) in [5.41, 5.74) is 0.813. The van der Waals surface area contributed by atoms with Gasteiger partial charge in [-0.05, 0) is 25.3 Å². The molecule has 0 saturated carbocycles. The number of ether oxygens (including phenoxy) is 2. The number of aliphatic hydroxyl groups excluding tert-OH is 1. The van der Waals surface area contributed by atoms with Gasteiger partial charge < -0.3 is 30.5 Å². The second-order valence-corrected chi connectivity index (χ2v) is 7.71. The van der Waals surface area contributed by atoms with Gasteiger partial charge in [-0.25, -0.2) is 9.59 Å². The number of allylic oxidation sites excluding steroid dienone is 1. The Kier molecular flexibility index (Phi) is 10.9. The van der Waals surface area contributed by atoms with Crippen LogP contribution in [0.3, 0.4) is 0 Å². The van der Waals surface area contributed by atoms with E-state index in [4.69, 9.17) is 14.6 Å². The van der Waals surface area contributed by atoms with Crippen LogP contribution in [0.25, 0.3) is 0 Å². The predicted octanol–water partition coefficient (Wildman–Crippen LogP) is 0.794. The molecular weight excluding hydrogens is 430 g/mol. The van der Waals surface area contributed by atoms with Crippen LogP contribution in [0.5, 0.6) is 0 Å². The van der Waals surface area contributed by atoms with Gasteiger partial charge in [0.2, 0.25) is 11.8 Å². The summed E-state index contributed by atoms with van der Waals surface area (Å²) in [7, 11) is 0. The first-order valence-corrected chi connectivity index (χ1v) is 10.9. The summed E-state index contributed by atoms with van der Waals surface area (Å²) in [6, 6.07) is 7.78. The lowest BCUT2D eigenvalue weighted by molar-refractivity contribution is -0.146. The first-order valence-electron chi connectivity index (χ1n) is 10.9. The van der Waals surface area contributed by atoms with Crippen molar-refractivity contribution in [2.24, 2.45) is 5.92 Å². The molecule has 1 aliphatic heterocycles. The van der Waals surface area contributed by atoms with Crippen LogP contribution in [0.15, 0.2) is 42.5 Å². The average Bonchev–Trinajstić information content (AvgIpc) is 2.81. The van der Waals surface area contributed by atoms with Gasteiger partial charge in [-0.3, -0.25) is 9.59 Å². The van der Waals surface area contributed by atoms with Gasteiger partial charge in [0.1, 0.15) is 19.3 Å². The quantitative estimate of drug-likeness (QED) is 0.347. The van der Waals surface area contributed by atoms with Crippen LogP contribution >= 0.6 is 0 Å². The van der Waals surface area contributed by atoms with Gasteiger partial charge in [0.05, 0.1) is 19.1 Å². The predicted molar refractivity (Wildman–Crippen MR) is 119 cm³/mol. The molecule has 0 fully saturated rings. The second kappa shape index (κ2) is 13.9. The van der Waals surface area contributed by atoms with Crippen molar-refractivity contribution < 1.29 is 33.8 Å². The molecule has 0 spiro atoms. The van der Waals surface area contributed by atoms with E-state index in [1.165, 1.54) is 0 Å². The van der Waals surface area contributed by atoms with Gasteiger partial charge in [-0.1, -0.05) is 42.5 Å². The smallest absolute Gasteiger partial charge is 0.408 e. The molecule has 3 unspecified atom stereocenters. The number of benzene rings is 1. The number of carbonyl (C=O) groups is 4. The third kappa shape index (κ3) is 9.73. The average molecular weight is 462 g/mol. The lowest BCUT2D eigenvalue weighted by Gasteiger charge is -2.19. The SMILES string of the molecule is CC(CO)NC(=O)CC1CC=CCC(NC(=O)OCc2ccccc2)C(=O)OCCNC1=O. The Morgan fingerprint density at radius 2 is 1.94 bits per heavy atom. The van der Waals surface area contributed by atoms with Crippen LogP contribution in [0.1, 0.15) is 31.7 Å². The highest BCUT2D eigenvalue weighted by atomic mass is 16.6. The molecule has 0 bridgehead atoms. The highest BCUT2D eigenvalue weighted by molar-refractivity contribution is 5.86. The van der Waals surface area contributed by atoms with E-state index < -0.39 is 30.1 Å². The number of aliphatic hydroxyl groups is 1. The normalized spacial score (nSPS) is 20.3. The van der Waals surface area contributed by atoms with Crippen molar-refractivity contribution in [1.29, 1.82) is 0 Å². The standard InChI is InChI=1S/C23H31N3O7/c1-16(14-27)25-20(28)13-18-9-5-6-10-19(22(30)32-12-11-24-21(18)29)26-23(31)33-15-17-7-3-2-4-8-17/h2-8,16,18-19,27H,9-15H2,1H3,(H,24,29)(H,25,28)(H,26,31). The van der Waals surface area contributed by atoms with Crippen LogP contribution in [0, 0.1) is 5.92 Å². The monoisotopic (exact) mass is 461 g/mol. The van der Waals surface area contributed by atoms with E-state index in [0.29, 0.717) is 0 Å². The summed E-state index contributed by atoms with van der Waals surface area (Å²) in [4.78, 5) is 49.0. The first-order chi connectivity index (χ1) is 15.9. The number of cyclic esters (lactones) is 1. The van der Waals surface area contributed by atoms with E-state index in [9.17, 15) is 19.2 Å². The molecule has 2 rings (SSSR count). The minimum atomic E-state index is -0.952. The largest absolute Gasteiger partial charge is 0.462 e. The number of rotatable bonds is 7. The van der Waals surface area contributed by atoms with Crippen molar-refractivity contribution in [2.75, 3.05) is 19.8 Å². The lowest BCUT2D eigenvalue weighted by Crippen LogP contribution is -2.43. The third-order valence-corrected chi connectivity index (χ3v) is 4.88. The molecule has 4 N–H and O–H groups in total. The molecule has 0 aliphatic carbocycles. The number of nitrogens with one attached hydrogen (secondary N) is 3. The summed E-state index contributed by atoms with van der Waals surface area (Å²) >= 11 is 0. The van der Waals surface area contributed by atoms with Crippen LogP contribution in [-0.4, -0.2) is 60.8 Å². The Hall–Kier alpha value is -3.40. The molecule has 1 aliphatic rings. The lowest BCUT2D eigenvalue weighted by atomic mass is 9.98. The van der Waals surface area contributed by atoms with Crippen LogP contribution in [0.2, 0.25) is 0 Å². The third-order valence-electron chi connectivity index (χ3n) is 4.88. The molecule has 0 radical (unpaired) electrons. The minimum absolute atomic E-state index is 0.0478. The summed E-state index contributed by atoms with van der Waals surface area (Å²) in [6.07, 6.45) is 2.95. The molecule has 10 heteroatoms. The van der Waals surface area contributed by atoms with Gasteiger partial charge >= 0.3 is 12.1 Å². The van der Waals surface area contributed by atoms with Gasteiger partial charge in [0, 0.05) is 12.5 Å². The fourth-order valence-corrected chi connectivity index (χ4v) is 3.07. The van der Waals surface area contributed by atoms with Crippen molar-refractivity contribution in [1.82, 2.24) is 16.0 Å². The summed E-state index contributed by atoms with van der Waals surface area (Å²) in [5.74, 6) is -1.93. The van der Waals surface area contributed by atoms with Gasteiger partial charge in [0.25, 0.3) is 0 Å². The molecule has 33 heavy (non-hydrogen) atoms. The fraction of sp³-hybridized carbons (Fsp3) is 0.478. The Bertz CT molecular complexity index is 829. The van der Waals surface area contributed by atoms with Gasteiger partial charge in [0.15, 0.2) is 0 Å².